The lowest BCUT2D eigenvalue weighted by atomic mass is 9.88. The zero-order valence-electron chi connectivity index (χ0n) is 17.7. The van der Waals surface area contributed by atoms with Crippen molar-refractivity contribution < 1.29 is 19.1 Å². The molecule has 1 aliphatic heterocycles. The monoisotopic (exact) mass is 382 g/mol. The molecule has 0 aromatic heterocycles. The highest BCUT2D eigenvalue weighted by atomic mass is 16.6. The summed E-state index contributed by atoms with van der Waals surface area (Å²) in [4.78, 5) is 28.7. The van der Waals surface area contributed by atoms with Crippen LogP contribution in [0.4, 0.5) is 4.79 Å². The van der Waals surface area contributed by atoms with Crippen molar-refractivity contribution in [3.8, 4) is 0 Å². The molecule has 1 heterocycles. The maximum absolute atomic E-state index is 12.5. The van der Waals surface area contributed by atoms with E-state index in [-0.39, 0.29) is 18.1 Å². The number of piperidine rings is 1. The molecule has 0 N–H and O–H groups in total. The van der Waals surface area contributed by atoms with Gasteiger partial charge in [0.25, 0.3) is 0 Å². The Morgan fingerprint density at radius 3 is 2.41 bits per heavy atom. The molecule has 27 heavy (non-hydrogen) atoms. The van der Waals surface area contributed by atoms with Crippen LogP contribution in [0.15, 0.2) is 0 Å². The van der Waals surface area contributed by atoms with Crippen LogP contribution in [0.25, 0.3) is 0 Å². The second kappa shape index (κ2) is 10.3. The number of carbonyl (C=O) groups is 2. The number of rotatable bonds is 6. The molecule has 6 heteroatoms. The van der Waals surface area contributed by atoms with E-state index in [9.17, 15) is 9.59 Å². The van der Waals surface area contributed by atoms with Crippen molar-refractivity contribution in [1.82, 2.24) is 9.80 Å². The van der Waals surface area contributed by atoms with Gasteiger partial charge in [-0.05, 0) is 59.3 Å². The lowest BCUT2D eigenvalue weighted by molar-refractivity contribution is -0.145. The number of esters is 1. The molecule has 1 saturated heterocycles. The van der Waals surface area contributed by atoms with Crippen molar-refractivity contribution in [2.45, 2.75) is 84.3 Å². The van der Waals surface area contributed by atoms with Crippen LogP contribution in [-0.2, 0) is 14.3 Å². The van der Waals surface area contributed by atoms with Gasteiger partial charge in [0.15, 0.2) is 0 Å². The summed E-state index contributed by atoms with van der Waals surface area (Å²) in [6, 6.07) is 0.192. The summed E-state index contributed by atoms with van der Waals surface area (Å²) in [5.41, 5.74) is -0.489. The zero-order valence-corrected chi connectivity index (χ0v) is 17.7. The molecule has 0 unspecified atom stereocenters. The largest absolute Gasteiger partial charge is 0.465 e. The third-order valence-corrected chi connectivity index (χ3v) is 5.42. The van der Waals surface area contributed by atoms with Crippen molar-refractivity contribution in [2.75, 3.05) is 32.8 Å². The molecule has 1 amide bonds. The first-order valence-corrected chi connectivity index (χ1v) is 10.7. The number of hydrogen-bond acceptors (Lipinski definition) is 5. The molecular formula is C21H38N2O4. The number of carbonyl (C=O) groups excluding carboxylic acids is 2. The van der Waals surface area contributed by atoms with Gasteiger partial charge in [0.2, 0.25) is 0 Å². The van der Waals surface area contributed by atoms with Crippen molar-refractivity contribution in [2.24, 2.45) is 5.92 Å². The summed E-state index contributed by atoms with van der Waals surface area (Å²) >= 11 is 0. The van der Waals surface area contributed by atoms with Gasteiger partial charge in [-0.1, -0.05) is 19.3 Å². The fourth-order valence-corrected chi connectivity index (χ4v) is 4.16. The van der Waals surface area contributed by atoms with E-state index in [1.54, 1.807) is 4.90 Å². The van der Waals surface area contributed by atoms with Gasteiger partial charge < -0.3 is 14.4 Å². The minimum Gasteiger partial charge on any atom is -0.465 e. The lowest BCUT2D eigenvalue weighted by Crippen LogP contribution is -2.53. The SMILES string of the molecule is CCOC(=O)CN(CC1CCCCC1)[C@@H]1CCCN(C(=O)OC(C)(C)C)C1. The fourth-order valence-electron chi connectivity index (χ4n) is 4.16. The van der Waals surface area contributed by atoms with Crippen LogP contribution in [-0.4, -0.2) is 66.3 Å². The van der Waals surface area contributed by atoms with Crippen molar-refractivity contribution in [3.63, 3.8) is 0 Å². The zero-order chi connectivity index (χ0) is 19.9. The van der Waals surface area contributed by atoms with Gasteiger partial charge in [-0.15, -0.1) is 0 Å². The molecule has 1 saturated carbocycles. The average Bonchev–Trinajstić information content (AvgIpc) is 2.61. The van der Waals surface area contributed by atoms with Crippen LogP contribution in [0.3, 0.4) is 0 Å². The second-order valence-corrected chi connectivity index (χ2v) is 8.96. The van der Waals surface area contributed by atoms with Gasteiger partial charge in [-0.2, -0.15) is 0 Å². The number of hydrogen-bond donors (Lipinski definition) is 0. The molecule has 6 nitrogen and oxygen atoms in total. The number of nitrogens with zero attached hydrogens (tertiary/aromatic N) is 2. The highest BCUT2D eigenvalue weighted by molar-refractivity contribution is 5.71. The first kappa shape index (κ1) is 22.0. The predicted molar refractivity (Wildman–Crippen MR) is 106 cm³/mol. The normalized spacial score (nSPS) is 22.0. The Labute approximate surface area is 164 Å². The summed E-state index contributed by atoms with van der Waals surface area (Å²) in [6.45, 7) is 10.5. The summed E-state index contributed by atoms with van der Waals surface area (Å²) in [5.74, 6) is 0.479. The molecule has 0 aromatic carbocycles. The third-order valence-electron chi connectivity index (χ3n) is 5.42. The first-order chi connectivity index (χ1) is 12.8. The van der Waals surface area contributed by atoms with Gasteiger partial charge >= 0.3 is 12.1 Å². The topological polar surface area (TPSA) is 59.1 Å². The van der Waals surface area contributed by atoms with E-state index in [0.29, 0.717) is 25.6 Å². The van der Waals surface area contributed by atoms with Crippen molar-refractivity contribution in [1.29, 1.82) is 0 Å². The Bertz CT molecular complexity index is 483. The minimum absolute atomic E-state index is 0.164. The molecule has 2 aliphatic rings. The highest BCUT2D eigenvalue weighted by Crippen LogP contribution is 2.27. The average molecular weight is 383 g/mol. The molecule has 2 fully saturated rings. The maximum Gasteiger partial charge on any atom is 0.410 e. The van der Waals surface area contributed by atoms with Crippen LogP contribution in [0.5, 0.6) is 0 Å². The number of amides is 1. The fraction of sp³-hybridized carbons (Fsp3) is 0.905. The van der Waals surface area contributed by atoms with Gasteiger partial charge in [0, 0.05) is 25.7 Å². The summed E-state index contributed by atoms with van der Waals surface area (Å²) in [7, 11) is 0. The maximum atomic E-state index is 12.5. The smallest absolute Gasteiger partial charge is 0.410 e. The summed E-state index contributed by atoms with van der Waals surface area (Å²) in [6.07, 6.45) is 8.06. The Balaban J connectivity index is 2.00. The standard InChI is InChI=1S/C21H38N2O4/c1-5-26-19(24)16-23(14-17-10-7-6-8-11-17)18-12-9-13-22(15-18)20(25)27-21(2,3)4/h17-18H,5-16H2,1-4H3/t18-/m1/s1. The van der Waals surface area contributed by atoms with Crippen molar-refractivity contribution in [3.05, 3.63) is 0 Å². The molecule has 1 atom stereocenters. The summed E-state index contributed by atoms with van der Waals surface area (Å²) < 4.78 is 10.8. The van der Waals surface area contributed by atoms with Gasteiger partial charge in [0.05, 0.1) is 13.2 Å². The Hall–Kier alpha value is -1.30. The number of ether oxygens (including phenoxy) is 2. The van der Waals surface area contributed by atoms with Gasteiger partial charge in [-0.25, -0.2) is 4.79 Å². The Morgan fingerprint density at radius 1 is 1.07 bits per heavy atom. The van der Waals surface area contributed by atoms with Crippen LogP contribution in [0, 0.1) is 5.92 Å². The van der Waals surface area contributed by atoms with E-state index >= 15 is 0 Å². The van der Waals surface area contributed by atoms with Crippen LogP contribution >= 0.6 is 0 Å². The molecule has 0 aromatic rings. The van der Waals surface area contributed by atoms with E-state index < -0.39 is 5.60 Å². The quantitative estimate of drug-likeness (QED) is 0.654. The lowest BCUT2D eigenvalue weighted by Gasteiger charge is -2.41. The summed E-state index contributed by atoms with van der Waals surface area (Å²) in [5, 5.41) is 0. The van der Waals surface area contributed by atoms with E-state index in [4.69, 9.17) is 9.47 Å². The van der Waals surface area contributed by atoms with Crippen LogP contribution in [0.2, 0.25) is 0 Å². The molecule has 1 aliphatic carbocycles. The van der Waals surface area contributed by atoms with Gasteiger partial charge in [0.1, 0.15) is 5.60 Å². The van der Waals surface area contributed by atoms with Crippen LogP contribution < -0.4 is 0 Å². The minimum atomic E-state index is -0.489. The Morgan fingerprint density at radius 2 is 1.78 bits per heavy atom. The second-order valence-electron chi connectivity index (χ2n) is 8.96. The molecule has 156 valence electrons. The van der Waals surface area contributed by atoms with E-state index in [0.717, 1.165) is 25.9 Å². The molecule has 0 radical (unpaired) electrons. The molecular weight excluding hydrogens is 344 g/mol. The van der Waals surface area contributed by atoms with Gasteiger partial charge in [-0.3, -0.25) is 9.69 Å². The van der Waals surface area contributed by atoms with E-state index in [1.165, 1.54) is 32.1 Å². The Kier molecular flexibility index (Phi) is 8.39. The molecule has 0 bridgehead atoms. The van der Waals surface area contributed by atoms with Crippen molar-refractivity contribution >= 4 is 12.1 Å². The van der Waals surface area contributed by atoms with E-state index in [2.05, 4.69) is 4.90 Å². The number of likely N-dealkylation sites (tertiary alicyclic amines) is 1. The highest BCUT2D eigenvalue weighted by Gasteiger charge is 2.32. The molecule has 2 rings (SSSR count). The third kappa shape index (κ3) is 7.68. The first-order valence-electron chi connectivity index (χ1n) is 10.7. The molecule has 0 spiro atoms. The van der Waals surface area contributed by atoms with Crippen LogP contribution in [0.1, 0.15) is 72.6 Å². The van der Waals surface area contributed by atoms with E-state index in [1.807, 2.05) is 27.7 Å². The predicted octanol–water partition coefficient (Wildman–Crippen LogP) is 3.83.